The molecule has 14 heavy (non-hydrogen) atoms. The largest absolute Gasteiger partial charge is 0.391 e. The van der Waals surface area contributed by atoms with E-state index in [1.807, 2.05) is 0 Å². The van der Waals surface area contributed by atoms with Crippen molar-refractivity contribution in [2.45, 2.75) is 12.8 Å². The van der Waals surface area contributed by atoms with Gasteiger partial charge < -0.3 is 22.1 Å². The van der Waals surface area contributed by atoms with E-state index in [0.717, 1.165) is 13.1 Å². The Hall–Kier alpha value is -1.65. The van der Waals surface area contributed by atoms with Gasteiger partial charge >= 0.3 is 6.03 Å². The highest BCUT2D eigenvalue weighted by molar-refractivity contribution is 5.69. The maximum Gasteiger partial charge on any atom is 0.309 e. The average molecular weight is 200 g/mol. The summed E-state index contributed by atoms with van der Waals surface area (Å²) < 4.78 is 0. The quantitative estimate of drug-likeness (QED) is 0.444. The van der Waals surface area contributed by atoms with E-state index < -0.39 is 6.03 Å². The van der Waals surface area contributed by atoms with Crippen molar-refractivity contribution in [1.29, 1.82) is 0 Å². The van der Waals surface area contributed by atoms with Gasteiger partial charge in [0.05, 0.1) is 0 Å². The Morgan fingerprint density at radius 2 is 1.36 bits per heavy atom. The van der Waals surface area contributed by atoms with Gasteiger partial charge in [0, 0.05) is 13.1 Å². The van der Waals surface area contributed by atoms with Crippen molar-refractivity contribution < 1.29 is 4.79 Å². The molecule has 0 fully saturated rings. The molecule has 0 bridgehead atoms. The van der Waals surface area contributed by atoms with Crippen LogP contribution in [-0.2, 0) is 0 Å². The van der Waals surface area contributed by atoms with Crippen molar-refractivity contribution >= 4 is 6.03 Å². The van der Waals surface area contributed by atoms with Crippen molar-refractivity contribution in [2.75, 3.05) is 13.1 Å². The molecule has 0 aromatic heterocycles. The van der Waals surface area contributed by atoms with Gasteiger partial charge in [-0.25, -0.2) is 4.79 Å². The molecule has 0 aromatic rings. The van der Waals surface area contributed by atoms with Gasteiger partial charge in [-0.05, 0) is 25.2 Å². The minimum atomic E-state index is -0.833. The minimum Gasteiger partial charge on any atom is -0.391 e. The van der Waals surface area contributed by atoms with Gasteiger partial charge in [0.25, 0.3) is 0 Å². The van der Waals surface area contributed by atoms with Crippen molar-refractivity contribution in [3.05, 3.63) is 25.6 Å². The van der Waals surface area contributed by atoms with E-state index in [1.54, 1.807) is 12.4 Å². The van der Waals surface area contributed by atoms with Crippen molar-refractivity contribution in [1.82, 2.24) is 10.6 Å². The van der Waals surface area contributed by atoms with Gasteiger partial charge in [-0.1, -0.05) is 13.2 Å². The van der Waals surface area contributed by atoms with Crippen LogP contribution in [0.1, 0.15) is 12.8 Å². The molecule has 0 heterocycles. The molecular weight excluding hydrogens is 180 g/mol. The molecule has 0 radical (unpaired) electrons. The standard InChI is InChI=1S/C8H16N2.CH4N2O/c1-3-9-7-5-6-8-10-4-2;2-1(3)4/h3-4,9-10H,1-2,5-8H2;(H4,2,3,4). The monoisotopic (exact) mass is 200 g/mol. The first kappa shape index (κ1) is 14.9. The molecule has 0 spiro atoms. The van der Waals surface area contributed by atoms with Crippen LogP contribution in [0.2, 0.25) is 0 Å². The van der Waals surface area contributed by atoms with Crippen LogP contribution in [0.5, 0.6) is 0 Å². The molecule has 0 aromatic carbocycles. The number of hydrogen-bond donors (Lipinski definition) is 4. The summed E-state index contributed by atoms with van der Waals surface area (Å²) in [5.41, 5.74) is 8.50. The van der Waals surface area contributed by atoms with Gasteiger partial charge in [-0.2, -0.15) is 0 Å². The number of rotatable bonds is 7. The van der Waals surface area contributed by atoms with Gasteiger partial charge in [-0.3, -0.25) is 0 Å². The highest BCUT2D eigenvalue weighted by Gasteiger charge is 1.82. The number of urea groups is 1. The molecule has 6 N–H and O–H groups in total. The molecule has 82 valence electrons. The third kappa shape index (κ3) is 31.6. The van der Waals surface area contributed by atoms with Crippen LogP contribution in [0.15, 0.2) is 25.6 Å². The Morgan fingerprint density at radius 1 is 1.07 bits per heavy atom. The molecule has 0 saturated heterocycles. The van der Waals surface area contributed by atoms with Crippen molar-refractivity contribution in [3.63, 3.8) is 0 Å². The average Bonchev–Trinajstić information content (AvgIpc) is 2.10. The second kappa shape index (κ2) is 13.9. The summed E-state index contributed by atoms with van der Waals surface area (Å²) in [6.07, 6.45) is 5.79. The summed E-state index contributed by atoms with van der Waals surface area (Å²) in [6.45, 7) is 9.14. The number of carbonyl (C=O) groups excluding carboxylic acids is 1. The Balaban J connectivity index is 0. The summed E-state index contributed by atoms with van der Waals surface area (Å²) in [7, 11) is 0. The number of nitrogens with two attached hydrogens (primary N) is 2. The topological polar surface area (TPSA) is 93.2 Å². The fraction of sp³-hybridized carbons (Fsp3) is 0.444. The maximum absolute atomic E-state index is 9.00. The molecule has 5 nitrogen and oxygen atoms in total. The molecule has 0 rings (SSSR count). The lowest BCUT2D eigenvalue weighted by Crippen LogP contribution is -2.18. The van der Waals surface area contributed by atoms with Gasteiger partial charge in [0.15, 0.2) is 0 Å². The van der Waals surface area contributed by atoms with Crippen LogP contribution in [-0.4, -0.2) is 19.1 Å². The highest BCUT2D eigenvalue weighted by atomic mass is 16.2. The maximum atomic E-state index is 9.00. The molecule has 0 saturated carbocycles. The van der Waals surface area contributed by atoms with E-state index in [1.165, 1.54) is 12.8 Å². The molecule has 0 aliphatic rings. The number of carbonyl (C=O) groups is 1. The molecule has 5 heteroatoms. The summed E-state index contributed by atoms with van der Waals surface area (Å²) in [5, 5.41) is 6.07. The third-order valence-electron chi connectivity index (χ3n) is 1.18. The summed E-state index contributed by atoms with van der Waals surface area (Å²) in [6, 6.07) is -0.833. The Labute approximate surface area is 85.2 Å². The molecule has 0 aliphatic carbocycles. The molecular formula is C9H20N4O. The van der Waals surface area contributed by atoms with Crippen LogP contribution < -0.4 is 22.1 Å². The molecule has 0 unspecified atom stereocenters. The van der Waals surface area contributed by atoms with Crippen LogP contribution in [0, 0.1) is 0 Å². The molecule has 0 atom stereocenters. The van der Waals surface area contributed by atoms with Crippen molar-refractivity contribution in [2.24, 2.45) is 11.5 Å². The molecule has 0 aliphatic heterocycles. The normalized spacial score (nSPS) is 7.71. The fourth-order valence-corrected chi connectivity index (χ4v) is 0.658. The minimum absolute atomic E-state index is 0.833. The van der Waals surface area contributed by atoms with Crippen LogP contribution in [0.3, 0.4) is 0 Å². The Kier molecular flexibility index (Phi) is 14.8. The highest BCUT2D eigenvalue weighted by Crippen LogP contribution is 1.83. The van der Waals surface area contributed by atoms with Gasteiger partial charge in [0.1, 0.15) is 0 Å². The second-order valence-electron chi connectivity index (χ2n) is 2.43. The van der Waals surface area contributed by atoms with E-state index in [0.29, 0.717) is 0 Å². The zero-order chi connectivity index (χ0) is 11.2. The lowest BCUT2D eigenvalue weighted by molar-refractivity contribution is 0.256. The van der Waals surface area contributed by atoms with Crippen molar-refractivity contribution in [3.8, 4) is 0 Å². The van der Waals surface area contributed by atoms with Gasteiger partial charge in [-0.15, -0.1) is 0 Å². The van der Waals surface area contributed by atoms with E-state index in [4.69, 9.17) is 4.79 Å². The van der Waals surface area contributed by atoms with E-state index in [2.05, 4.69) is 35.3 Å². The lowest BCUT2D eigenvalue weighted by atomic mass is 10.3. The predicted molar refractivity (Wildman–Crippen MR) is 59.4 cm³/mol. The number of primary amides is 2. The summed E-state index contributed by atoms with van der Waals surface area (Å²) >= 11 is 0. The van der Waals surface area contributed by atoms with Crippen LogP contribution in [0.25, 0.3) is 0 Å². The third-order valence-corrected chi connectivity index (χ3v) is 1.18. The predicted octanol–water partition coefficient (Wildman–Crippen LogP) is 0.257. The van der Waals surface area contributed by atoms with E-state index in [-0.39, 0.29) is 0 Å². The first-order chi connectivity index (χ1) is 6.65. The van der Waals surface area contributed by atoms with Crippen LogP contribution in [0.4, 0.5) is 4.79 Å². The number of nitrogens with one attached hydrogen (secondary N) is 2. The summed E-state index contributed by atoms with van der Waals surface area (Å²) in [4.78, 5) is 9.00. The summed E-state index contributed by atoms with van der Waals surface area (Å²) in [5.74, 6) is 0. The number of amides is 2. The second-order valence-corrected chi connectivity index (χ2v) is 2.43. The number of unbranched alkanes of at least 4 members (excludes halogenated alkanes) is 1. The first-order valence-electron chi connectivity index (χ1n) is 4.38. The van der Waals surface area contributed by atoms with E-state index >= 15 is 0 Å². The lowest BCUT2D eigenvalue weighted by Gasteiger charge is -2.00. The fourth-order valence-electron chi connectivity index (χ4n) is 0.658. The zero-order valence-electron chi connectivity index (χ0n) is 8.46. The molecule has 2 amide bonds. The van der Waals surface area contributed by atoms with E-state index in [9.17, 15) is 0 Å². The zero-order valence-corrected chi connectivity index (χ0v) is 8.46. The first-order valence-corrected chi connectivity index (χ1v) is 4.38. The van der Waals surface area contributed by atoms with Gasteiger partial charge in [0.2, 0.25) is 0 Å². The SMILES string of the molecule is C=CNCCCCNC=C.NC(N)=O. The Morgan fingerprint density at radius 3 is 1.57 bits per heavy atom. The number of hydrogen-bond acceptors (Lipinski definition) is 3. The Bertz CT molecular complexity index is 143. The van der Waals surface area contributed by atoms with Crippen LogP contribution >= 0.6 is 0 Å². The smallest absolute Gasteiger partial charge is 0.309 e.